The fourth-order valence-electron chi connectivity index (χ4n) is 8.42. The van der Waals surface area contributed by atoms with Gasteiger partial charge in [-0.2, -0.15) is 0 Å². The highest BCUT2D eigenvalue weighted by Crippen LogP contribution is 2.18. The lowest BCUT2D eigenvalue weighted by molar-refractivity contribution is -0.123. The molecule has 0 fully saturated rings. The second kappa shape index (κ2) is 47.8. The van der Waals surface area contributed by atoms with Gasteiger partial charge in [0.15, 0.2) is 0 Å². The molecule has 4 nitrogen and oxygen atoms in total. The number of carbonyl (C=O) groups is 1. The van der Waals surface area contributed by atoms with Crippen LogP contribution in [0.1, 0.15) is 303 Å². The molecule has 0 aromatic carbocycles. The van der Waals surface area contributed by atoms with Crippen molar-refractivity contribution in [1.29, 1.82) is 0 Å². The zero-order chi connectivity index (χ0) is 40.0. The van der Waals surface area contributed by atoms with Gasteiger partial charge in [-0.15, -0.1) is 0 Å². The minimum atomic E-state index is -0.650. The molecule has 1 amide bonds. The van der Waals surface area contributed by atoms with Gasteiger partial charge in [0.05, 0.1) is 18.8 Å². The van der Waals surface area contributed by atoms with Crippen molar-refractivity contribution in [2.24, 2.45) is 0 Å². The summed E-state index contributed by atoms with van der Waals surface area (Å²) >= 11 is 0. The summed E-state index contributed by atoms with van der Waals surface area (Å²) in [5.41, 5.74) is 0. The molecule has 0 radical (unpaired) electrons. The molecule has 0 aromatic heterocycles. The number of nitrogens with one attached hydrogen (secondary N) is 1. The highest BCUT2D eigenvalue weighted by Gasteiger charge is 2.19. The summed E-state index contributed by atoms with van der Waals surface area (Å²) in [6.45, 7) is 4.28. The molecule has 0 heterocycles. The Labute approximate surface area is 346 Å². The standard InChI is InChI=1S/C51H103NO3/c1-3-5-7-9-10-11-12-13-14-15-16-17-18-19-20-21-22-23-24-25-26-27-28-29-30-31-32-33-34-35-36-37-38-39-40-41-42-43-45-47-51(55)52-49(48-53)50(54)46-44-8-6-4-2/h49-50,53-54H,3-48H2,1-2H3,(H,52,55). The van der Waals surface area contributed by atoms with E-state index in [2.05, 4.69) is 19.2 Å². The maximum Gasteiger partial charge on any atom is 0.220 e. The SMILES string of the molecule is CCCCCCCCCCCCCCCCCCCCCCCCCCCCCCCCCCCCCCCCCC(=O)NC(CO)C(O)CCCCCC. The summed E-state index contributed by atoms with van der Waals surface area (Å²) in [5, 5.41) is 22.7. The fraction of sp³-hybridized carbons (Fsp3) is 0.980. The van der Waals surface area contributed by atoms with E-state index in [1.165, 1.54) is 244 Å². The lowest BCUT2D eigenvalue weighted by atomic mass is 10.0. The lowest BCUT2D eigenvalue weighted by Crippen LogP contribution is -2.45. The molecule has 330 valence electrons. The Kier molecular flexibility index (Phi) is 47.2. The predicted octanol–water partition coefficient (Wildman–Crippen LogP) is 16.4. The van der Waals surface area contributed by atoms with Gasteiger partial charge in [-0.1, -0.05) is 284 Å². The molecule has 0 spiro atoms. The molecule has 0 aliphatic carbocycles. The minimum Gasteiger partial charge on any atom is -0.394 e. The molecule has 2 atom stereocenters. The number of rotatable bonds is 48. The molecule has 2 unspecified atom stereocenters. The third-order valence-electron chi connectivity index (χ3n) is 12.4. The smallest absolute Gasteiger partial charge is 0.220 e. The predicted molar refractivity (Wildman–Crippen MR) is 244 cm³/mol. The van der Waals surface area contributed by atoms with Gasteiger partial charge in [-0.05, 0) is 12.8 Å². The number of hydrogen-bond acceptors (Lipinski definition) is 3. The molecule has 4 heteroatoms. The van der Waals surface area contributed by atoms with Gasteiger partial charge in [0.2, 0.25) is 5.91 Å². The van der Waals surface area contributed by atoms with Crippen LogP contribution >= 0.6 is 0 Å². The van der Waals surface area contributed by atoms with Crippen LogP contribution < -0.4 is 5.32 Å². The third-order valence-corrected chi connectivity index (χ3v) is 12.4. The van der Waals surface area contributed by atoms with E-state index in [4.69, 9.17) is 0 Å². The van der Waals surface area contributed by atoms with Crippen LogP contribution in [0.3, 0.4) is 0 Å². The quantitative estimate of drug-likeness (QED) is 0.0539. The molecular formula is C51H103NO3. The first-order valence-corrected chi connectivity index (χ1v) is 25.7. The van der Waals surface area contributed by atoms with E-state index in [0.29, 0.717) is 12.8 Å². The molecule has 55 heavy (non-hydrogen) atoms. The first kappa shape index (κ1) is 54.4. The maximum absolute atomic E-state index is 12.3. The Morgan fingerprint density at radius 3 is 0.818 bits per heavy atom. The summed E-state index contributed by atoms with van der Waals surface area (Å²) in [4.78, 5) is 12.3. The van der Waals surface area contributed by atoms with E-state index in [0.717, 1.165) is 32.1 Å². The van der Waals surface area contributed by atoms with Gasteiger partial charge in [-0.3, -0.25) is 4.79 Å². The van der Waals surface area contributed by atoms with Crippen molar-refractivity contribution in [2.75, 3.05) is 6.61 Å². The zero-order valence-electron chi connectivity index (χ0n) is 38.0. The Morgan fingerprint density at radius 1 is 0.364 bits per heavy atom. The van der Waals surface area contributed by atoms with Crippen LogP contribution in [0.4, 0.5) is 0 Å². The number of amides is 1. The summed E-state index contributed by atoms with van der Waals surface area (Å²) in [5.74, 6) is -0.0341. The van der Waals surface area contributed by atoms with Crippen LogP contribution in [0.2, 0.25) is 0 Å². The van der Waals surface area contributed by atoms with E-state index in [1.807, 2.05) is 0 Å². The highest BCUT2D eigenvalue weighted by molar-refractivity contribution is 5.76. The molecule has 0 aliphatic rings. The topological polar surface area (TPSA) is 69.6 Å². The number of hydrogen-bond donors (Lipinski definition) is 3. The van der Waals surface area contributed by atoms with E-state index >= 15 is 0 Å². The van der Waals surface area contributed by atoms with Crippen LogP contribution in [0, 0.1) is 0 Å². The van der Waals surface area contributed by atoms with Gasteiger partial charge >= 0.3 is 0 Å². The molecule has 0 rings (SSSR count). The molecule has 0 saturated heterocycles. The zero-order valence-corrected chi connectivity index (χ0v) is 38.0. The molecule has 0 bridgehead atoms. The van der Waals surface area contributed by atoms with Gasteiger partial charge in [-0.25, -0.2) is 0 Å². The fourth-order valence-corrected chi connectivity index (χ4v) is 8.42. The second-order valence-corrected chi connectivity index (χ2v) is 18.0. The lowest BCUT2D eigenvalue weighted by Gasteiger charge is -2.22. The summed E-state index contributed by atoms with van der Waals surface area (Å²) in [6, 6.07) is -0.526. The monoisotopic (exact) mass is 778 g/mol. The number of carbonyl (C=O) groups excluding carboxylic acids is 1. The highest BCUT2D eigenvalue weighted by atomic mass is 16.3. The Bertz CT molecular complexity index is 714. The third kappa shape index (κ3) is 44.3. The van der Waals surface area contributed by atoms with Crippen molar-refractivity contribution < 1.29 is 15.0 Å². The Morgan fingerprint density at radius 2 is 0.582 bits per heavy atom. The molecular weight excluding hydrogens is 675 g/mol. The Balaban J connectivity index is 3.21. The van der Waals surface area contributed by atoms with Gasteiger partial charge in [0.1, 0.15) is 0 Å². The Hall–Kier alpha value is -0.610. The van der Waals surface area contributed by atoms with Crippen molar-refractivity contribution in [2.45, 2.75) is 315 Å². The first-order valence-electron chi connectivity index (χ1n) is 25.7. The van der Waals surface area contributed by atoms with Crippen LogP contribution in [0.5, 0.6) is 0 Å². The maximum atomic E-state index is 12.3. The second-order valence-electron chi connectivity index (χ2n) is 18.0. The van der Waals surface area contributed by atoms with Crippen LogP contribution in [0.15, 0.2) is 0 Å². The minimum absolute atomic E-state index is 0.0341. The van der Waals surface area contributed by atoms with E-state index in [1.54, 1.807) is 0 Å². The van der Waals surface area contributed by atoms with Crippen molar-refractivity contribution in [3.8, 4) is 0 Å². The summed E-state index contributed by atoms with van der Waals surface area (Å²) in [6.07, 6.45) is 60.1. The molecule has 0 aromatic rings. The average Bonchev–Trinajstić information content (AvgIpc) is 3.19. The summed E-state index contributed by atoms with van der Waals surface area (Å²) in [7, 11) is 0. The number of aliphatic hydroxyl groups is 2. The van der Waals surface area contributed by atoms with Gasteiger partial charge < -0.3 is 15.5 Å². The van der Waals surface area contributed by atoms with Crippen molar-refractivity contribution in [3.63, 3.8) is 0 Å². The van der Waals surface area contributed by atoms with Crippen molar-refractivity contribution in [3.05, 3.63) is 0 Å². The summed E-state index contributed by atoms with van der Waals surface area (Å²) < 4.78 is 0. The number of aliphatic hydroxyl groups excluding tert-OH is 2. The van der Waals surface area contributed by atoms with E-state index in [9.17, 15) is 15.0 Å². The van der Waals surface area contributed by atoms with Crippen molar-refractivity contribution >= 4 is 5.91 Å². The van der Waals surface area contributed by atoms with Crippen LogP contribution in [0.25, 0.3) is 0 Å². The first-order chi connectivity index (χ1) is 27.2. The van der Waals surface area contributed by atoms with Crippen molar-refractivity contribution in [1.82, 2.24) is 5.32 Å². The average molecular weight is 778 g/mol. The van der Waals surface area contributed by atoms with Gasteiger partial charge in [0.25, 0.3) is 0 Å². The van der Waals surface area contributed by atoms with Crippen LogP contribution in [-0.2, 0) is 4.79 Å². The molecule has 0 saturated carbocycles. The largest absolute Gasteiger partial charge is 0.394 e. The normalized spacial score (nSPS) is 12.7. The molecule has 3 N–H and O–H groups in total. The van der Waals surface area contributed by atoms with Gasteiger partial charge in [0, 0.05) is 6.42 Å². The molecule has 0 aliphatic heterocycles. The van der Waals surface area contributed by atoms with Crippen LogP contribution in [-0.4, -0.2) is 34.9 Å². The van der Waals surface area contributed by atoms with E-state index in [-0.39, 0.29) is 12.5 Å². The van der Waals surface area contributed by atoms with E-state index < -0.39 is 12.1 Å². The number of unbranched alkanes of at least 4 members (excludes halogenated alkanes) is 41.